The van der Waals surface area contributed by atoms with Gasteiger partial charge in [-0.25, -0.2) is 4.75 Å². The Balaban J connectivity index is 2.12. The average molecular weight is 153 g/mol. The van der Waals surface area contributed by atoms with Gasteiger partial charge in [0, 0.05) is 6.20 Å². The molecule has 1 heterocycles. The van der Waals surface area contributed by atoms with E-state index >= 15 is 0 Å². The van der Waals surface area contributed by atoms with E-state index in [9.17, 15) is 0 Å². The number of nitrogens with zero attached hydrogens (tertiary/aromatic N) is 1. The van der Waals surface area contributed by atoms with Gasteiger partial charge < -0.3 is 0 Å². The van der Waals surface area contributed by atoms with Crippen molar-refractivity contribution in [2.24, 2.45) is 0 Å². The van der Waals surface area contributed by atoms with Crippen molar-refractivity contribution in [3.63, 3.8) is 0 Å². The average Bonchev–Trinajstić information content (AvgIpc) is 2.59. The van der Waals surface area contributed by atoms with E-state index in [0.29, 0.717) is 0 Å². The lowest BCUT2D eigenvalue weighted by Crippen LogP contribution is -1.84. The van der Waals surface area contributed by atoms with Gasteiger partial charge in [-0.05, 0) is 38.5 Å². The van der Waals surface area contributed by atoms with Crippen molar-refractivity contribution in [3.05, 3.63) is 17.6 Å². The molecule has 0 saturated heterocycles. The zero-order valence-electron chi connectivity index (χ0n) is 6.01. The SMILES string of the molecule is c1cc(C2CCCC2)[pH]n1. The first kappa shape index (κ1) is 6.42. The molecule has 1 nitrogen and oxygen atoms in total. The van der Waals surface area contributed by atoms with E-state index in [1.54, 1.807) is 5.30 Å². The number of hydrogen-bond donors (Lipinski definition) is 0. The van der Waals surface area contributed by atoms with Gasteiger partial charge in [0.05, 0.1) is 0 Å². The molecule has 0 spiro atoms. The van der Waals surface area contributed by atoms with Gasteiger partial charge in [0.2, 0.25) is 0 Å². The minimum atomic E-state index is 0.764. The van der Waals surface area contributed by atoms with E-state index in [-0.39, 0.29) is 0 Å². The molecule has 1 aromatic rings. The van der Waals surface area contributed by atoms with Crippen LogP contribution in [-0.4, -0.2) is 4.75 Å². The fraction of sp³-hybridized carbons (Fsp3) is 0.625. The fourth-order valence-corrected chi connectivity index (χ4v) is 2.65. The maximum atomic E-state index is 4.22. The smallest absolute Gasteiger partial charge is 0.0312 e. The molecule has 1 unspecified atom stereocenters. The Labute approximate surface area is 63.0 Å². The predicted octanol–water partition coefficient (Wildman–Crippen LogP) is 2.77. The lowest BCUT2D eigenvalue weighted by atomic mass is 10.1. The molecule has 1 atom stereocenters. The molecule has 54 valence electrons. The van der Waals surface area contributed by atoms with Crippen LogP contribution in [0.1, 0.15) is 36.9 Å². The maximum Gasteiger partial charge on any atom is 0.0312 e. The summed E-state index contributed by atoms with van der Waals surface area (Å²) in [5.41, 5.74) is 0. The van der Waals surface area contributed by atoms with E-state index in [1.165, 1.54) is 25.7 Å². The van der Waals surface area contributed by atoms with Gasteiger partial charge in [-0.3, -0.25) is 0 Å². The Morgan fingerprint density at radius 1 is 1.40 bits per heavy atom. The van der Waals surface area contributed by atoms with E-state index in [0.717, 1.165) is 14.3 Å². The highest BCUT2D eigenvalue weighted by Gasteiger charge is 2.16. The Morgan fingerprint density at radius 3 is 2.80 bits per heavy atom. The van der Waals surface area contributed by atoms with E-state index < -0.39 is 0 Å². The summed E-state index contributed by atoms with van der Waals surface area (Å²) in [4.78, 5) is 0. The predicted molar refractivity (Wildman–Crippen MR) is 44.9 cm³/mol. The minimum absolute atomic E-state index is 0.764. The normalized spacial score (nSPS) is 20.8. The first-order valence-electron chi connectivity index (χ1n) is 3.96. The van der Waals surface area contributed by atoms with Crippen molar-refractivity contribution in [1.29, 1.82) is 0 Å². The summed E-state index contributed by atoms with van der Waals surface area (Å²) in [6.45, 7) is 0. The monoisotopic (exact) mass is 153 g/mol. The second kappa shape index (κ2) is 2.75. The second-order valence-corrected chi connectivity index (χ2v) is 4.05. The summed E-state index contributed by atoms with van der Waals surface area (Å²) in [6.07, 6.45) is 7.68. The number of aromatic nitrogens is 1. The second-order valence-electron chi connectivity index (χ2n) is 2.99. The minimum Gasteiger partial charge on any atom is -0.249 e. The van der Waals surface area contributed by atoms with Crippen LogP contribution in [0, 0.1) is 0 Å². The summed E-state index contributed by atoms with van der Waals surface area (Å²) in [7, 11) is 0.764. The molecule has 0 radical (unpaired) electrons. The van der Waals surface area contributed by atoms with Crippen LogP contribution >= 0.6 is 8.35 Å². The van der Waals surface area contributed by atoms with Crippen molar-refractivity contribution in [3.8, 4) is 0 Å². The number of hydrogen-bond acceptors (Lipinski definition) is 1. The van der Waals surface area contributed by atoms with Crippen molar-refractivity contribution < 1.29 is 0 Å². The van der Waals surface area contributed by atoms with E-state index in [1.807, 2.05) is 6.20 Å². The van der Waals surface area contributed by atoms with Crippen LogP contribution in [0.25, 0.3) is 0 Å². The van der Waals surface area contributed by atoms with Gasteiger partial charge in [-0.15, -0.1) is 0 Å². The summed E-state index contributed by atoms with van der Waals surface area (Å²) >= 11 is 0. The Kier molecular flexibility index (Phi) is 1.77. The van der Waals surface area contributed by atoms with Crippen LogP contribution in [-0.2, 0) is 0 Å². The standard InChI is InChI=1S/C8H12NP/c1-2-4-7(3-1)8-5-6-9-10-8/h5-7,10H,1-4H2. The molecule has 0 amide bonds. The molecule has 1 saturated carbocycles. The Morgan fingerprint density at radius 2 is 2.20 bits per heavy atom. The van der Waals surface area contributed by atoms with Crippen LogP contribution in [0.2, 0.25) is 0 Å². The van der Waals surface area contributed by atoms with Crippen molar-refractivity contribution >= 4 is 8.35 Å². The molecule has 0 bridgehead atoms. The van der Waals surface area contributed by atoms with Gasteiger partial charge in [0.25, 0.3) is 0 Å². The summed E-state index contributed by atoms with van der Waals surface area (Å²) in [6, 6.07) is 2.22. The van der Waals surface area contributed by atoms with Crippen LogP contribution in [0.4, 0.5) is 0 Å². The zero-order chi connectivity index (χ0) is 6.81. The summed E-state index contributed by atoms with van der Waals surface area (Å²) in [5, 5.41) is 1.61. The topological polar surface area (TPSA) is 12.9 Å². The highest BCUT2D eigenvalue weighted by molar-refractivity contribution is 7.26. The highest BCUT2D eigenvalue weighted by atomic mass is 31.0. The highest BCUT2D eigenvalue weighted by Crippen LogP contribution is 2.36. The van der Waals surface area contributed by atoms with Gasteiger partial charge >= 0.3 is 0 Å². The first-order chi connectivity index (χ1) is 4.97. The molecule has 1 aliphatic carbocycles. The summed E-state index contributed by atoms with van der Waals surface area (Å²) in [5.74, 6) is 0.904. The van der Waals surface area contributed by atoms with Gasteiger partial charge in [0.1, 0.15) is 0 Å². The maximum absolute atomic E-state index is 4.22. The van der Waals surface area contributed by atoms with Gasteiger partial charge in [0.15, 0.2) is 0 Å². The van der Waals surface area contributed by atoms with Gasteiger partial charge in [-0.2, -0.15) is 0 Å². The molecule has 2 rings (SSSR count). The van der Waals surface area contributed by atoms with Crippen molar-refractivity contribution in [2.45, 2.75) is 31.6 Å². The van der Waals surface area contributed by atoms with Crippen LogP contribution in [0.5, 0.6) is 0 Å². The molecule has 0 N–H and O–H groups in total. The molecule has 0 aliphatic heterocycles. The van der Waals surface area contributed by atoms with Gasteiger partial charge in [-0.1, -0.05) is 12.8 Å². The quantitative estimate of drug-likeness (QED) is 0.604. The largest absolute Gasteiger partial charge is 0.249 e. The third kappa shape index (κ3) is 1.11. The molecule has 1 fully saturated rings. The molecule has 10 heavy (non-hydrogen) atoms. The molecule has 2 heteroatoms. The first-order valence-corrected chi connectivity index (χ1v) is 4.91. The van der Waals surface area contributed by atoms with Crippen LogP contribution < -0.4 is 0 Å². The van der Waals surface area contributed by atoms with Crippen LogP contribution in [0.3, 0.4) is 0 Å². The van der Waals surface area contributed by atoms with E-state index in [2.05, 4.69) is 10.8 Å². The third-order valence-corrected chi connectivity index (χ3v) is 3.43. The number of rotatable bonds is 1. The molecular formula is C8H12NP. The molecule has 1 aliphatic rings. The third-order valence-electron chi connectivity index (χ3n) is 2.32. The zero-order valence-corrected chi connectivity index (χ0v) is 7.01. The van der Waals surface area contributed by atoms with Crippen LogP contribution in [0.15, 0.2) is 12.3 Å². The molecule has 0 aromatic carbocycles. The lowest BCUT2D eigenvalue weighted by molar-refractivity contribution is 0.738. The van der Waals surface area contributed by atoms with Crippen molar-refractivity contribution in [2.75, 3.05) is 0 Å². The Bertz CT molecular complexity index is 187. The fourth-order valence-electron chi connectivity index (χ4n) is 1.73. The Hall–Kier alpha value is -0.290. The summed E-state index contributed by atoms with van der Waals surface area (Å²) < 4.78 is 4.22. The van der Waals surface area contributed by atoms with Crippen molar-refractivity contribution in [1.82, 2.24) is 4.75 Å². The van der Waals surface area contributed by atoms with E-state index in [4.69, 9.17) is 0 Å². The molecule has 1 aromatic heterocycles. The lowest BCUT2D eigenvalue weighted by Gasteiger charge is -2.03. The molecular weight excluding hydrogens is 141 g/mol.